The summed E-state index contributed by atoms with van der Waals surface area (Å²) in [6.45, 7) is 5.83. The molecule has 0 saturated heterocycles. The molecule has 34 heavy (non-hydrogen) atoms. The number of aliphatic carboxylic acids is 1. The van der Waals surface area contributed by atoms with Gasteiger partial charge in [0.1, 0.15) is 11.4 Å². The lowest BCUT2D eigenvalue weighted by Gasteiger charge is -2.26. The van der Waals surface area contributed by atoms with Gasteiger partial charge in [-0.05, 0) is 44.2 Å². The highest BCUT2D eigenvalue weighted by Gasteiger charge is 2.23. The van der Waals surface area contributed by atoms with E-state index in [0.717, 1.165) is 38.5 Å². The number of anilines is 1. The van der Waals surface area contributed by atoms with Crippen molar-refractivity contribution in [3.8, 4) is 0 Å². The summed E-state index contributed by atoms with van der Waals surface area (Å²) in [5.74, 6) is -2.18. The van der Waals surface area contributed by atoms with E-state index in [4.69, 9.17) is 5.11 Å². The van der Waals surface area contributed by atoms with Crippen LogP contribution in [0, 0.1) is 5.82 Å². The number of nitrogens with zero attached hydrogens (tertiary/aromatic N) is 1. The van der Waals surface area contributed by atoms with Gasteiger partial charge in [0.05, 0.1) is 17.6 Å². The average molecular weight is 474 g/mol. The molecule has 1 aromatic carbocycles. The van der Waals surface area contributed by atoms with Gasteiger partial charge in [-0.1, -0.05) is 40.0 Å². The molecule has 1 fully saturated rings. The minimum Gasteiger partial charge on any atom is -0.481 e. The molecule has 1 amide bonds. The lowest BCUT2D eigenvalue weighted by molar-refractivity contribution is -0.137. The fraction of sp³-hybridized carbons (Fsp3) is 0.577. The molecule has 1 saturated carbocycles. The molecule has 7 nitrogen and oxygen atoms in total. The van der Waals surface area contributed by atoms with Crippen LogP contribution in [-0.2, 0) is 4.79 Å². The number of carboxylic acid groups (broad SMARTS) is 1. The second-order valence-electron chi connectivity index (χ2n) is 9.25. The first-order valence-corrected chi connectivity index (χ1v) is 12.5. The van der Waals surface area contributed by atoms with Crippen LogP contribution in [0.1, 0.15) is 95.0 Å². The number of hydrogen-bond acceptors (Lipinski definition) is 4. The zero-order valence-electron chi connectivity index (χ0n) is 20.3. The molecule has 3 rings (SSSR count). The van der Waals surface area contributed by atoms with Crippen LogP contribution >= 0.6 is 0 Å². The maximum atomic E-state index is 15.1. The quantitative estimate of drug-likeness (QED) is 0.439. The van der Waals surface area contributed by atoms with Crippen LogP contribution in [0.15, 0.2) is 23.1 Å². The van der Waals surface area contributed by atoms with Crippen LogP contribution < -0.4 is 16.1 Å². The molecule has 2 aromatic rings. The maximum absolute atomic E-state index is 15.1. The smallest absolute Gasteiger partial charge is 0.305 e. The minimum atomic E-state index is -1.03. The van der Waals surface area contributed by atoms with Crippen molar-refractivity contribution < 1.29 is 19.1 Å². The number of carboxylic acids is 1. The van der Waals surface area contributed by atoms with E-state index in [9.17, 15) is 14.4 Å². The molecule has 3 N–H and O–H groups in total. The van der Waals surface area contributed by atoms with E-state index < -0.39 is 29.2 Å². The van der Waals surface area contributed by atoms with Crippen LogP contribution in [0.25, 0.3) is 10.9 Å². The number of hydrogen-bond donors (Lipinski definition) is 3. The lowest BCUT2D eigenvalue weighted by atomic mass is 9.95. The Morgan fingerprint density at radius 2 is 1.79 bits per heavy atom. The molecule has 186 valence electrons. The zero-order valence-corrected chi connectivity index (χ0v) is 20.3. The summed E-state index contributed by atoms with van der Waals surface area (Å²) in [4.78, 5) is 37.4. The predicted octanol–water partition coefficient (Wildman–Crippen LogP) is 5.23. The van der Waals surface area contributed by atoms with Gasteiger partial charge in [-0.15, -0.1) is 0 Å². The van der Waals surface area contributed by atoms with Crippen molar-refractivity contribution in [1.82, 2.24) is 9.88 Å². The van der Waals surface area contributed by atoms with Gasteiger partial charge in [0.15, 0.2) is 0 Å². The maximum Gasteiger partial charge on any atom is 0.305 e. The highest BCUT2D eigenvalue weighted by atomic mass is 19.1. The van der Waals surface area contributed by atoms with Gasteiger partial charge in [0, 0.05) is 29.7 Å². The van der Waals surface area contributed by atoms with Gasteiger partial charge in [-0.2, -0.15) is 0 Å². The Morgan fingerprint density at radius 1 is 1.12 bits per heavy atom. The number of amides is 1. The van der Waals surface area contributed by atoms with Gasteiger partial charge in [-0.3, -0.25) is 14.4 Å². The van der Waals surface area contributed by atoms with Gasteiger partial charge in [-0.25, -0.2) is 4.39 Å². The molecule has 0 aliphatic heterocycles. The van der Waals surface area contributed by atoms with Crippen LogP contribution in [0.3, 0.4) is 0 Å². The highest BCUT2D eigenvalue weighted by Crippen LogP contribution is 2.29. The molecule has 1 aliphatic carbocycles. The molecule has 0 bridgehead atoms. The molecule has 0 spiro atoms. The van der Waals surface area contributed by atoms with Crippen LogP contribution in [0.5, 0.6) is 0 Å². The lowest BCUT2D eigenvalue weighted by Crippen LogP contribution is -2.38. The van der Waals surface area contributed by atoms with Crippen LogP contribution in [0.2, 0.25) is 0 Å². The minimum absolute atomic E-state index is 0.0173. The number of fused-ring (bicyclic) bond motifs is 1. The first kappa shape index (κ1) is 25.7. The Morgan fingerprint density at radius 3 is 2.38 bits per heavy atom. The normalized spacial score (nSPS) is 15.4. The summed E-state index contributed by atoms with van der Waals surface area (Å²) in [6, 6.07) is 2.55. The first-order chi connectivity index (χ1) is 16.3. The Bertz CT molecular complexity index is 1090. The third-order valence-electron chi connectivity index (χ3n) is 6.92. The zero-order chi connectivity index (χ0) is 24.8. The van der Waals surface area contributed by atoms with Crippen molar-refractivity contribution in [2.24, 2.45) is 0 Å². The molecule has 1 aliphatic rings. The number of nitrogens with one attached hydrogen (secondary N) is 2. The van der Waals surface area contributed by atoms with Gasteiger partial charge in [0.25, 0.3) is 5.91 Å². The molecule has 1 heterocycles. The van der Waals surface area contributed by atoms with E-state index in [-0.39, 0.29) is 29.5 Å². The SMILES string of the molecule is CCC(CC(=O)O)NC(=O)c1cn(C(CC)CC)c2cc(NC3CCCCC3)c(F)cc2c1=O. The van der Waals surface area contributed by atoms with E-state index >= 15 is 4.39 Å². The summed E-state index contributed by atoms with van der Waals surface area (Å²) >= 11 is 0. The summed E-state index contributed by atoms with van der Waals surface area (Å²) in [6.07, 6.45) is 8.68. The summed E-state index contributed by atoms with van der Waals surface area (Å²) in [7, 11) is 0. The average Bonchev–Trinajstić information content (AvgIpc) is 2.82. The molecular weight excluding hydrogens is 437 g/mol. The van der Waals surface area contributed by atoms with Gasteiger partial charge >= 0.3 is 5.97 Å². The topological polar surface area (TPSA) is 100 Å². The molecule has 1 atom stereocenters. The number of carbonyl (C=O) groups excluding carboxylic acids is 1. The fourth-order valence-corrected chi connectivity index (χ4v) is 4.86. The van der Waals surface area contributed by atoms with Crippen LogP contribution in [0.4, 0.5) is 10.1 Å². The van der Waals surface area contributed by atoms with Gasteiger partial charge in [0.2, 0.25) is 5.43 Å². The Labute approximate surface area is 199 Å². The third kappa shape index (κ3) is 5.77. The number of rotatable bonds is 10. The van der Waals surface area contributed by atoms with E-state index in [0.29, 0.717) is 17.6 Å². The van der Waals surface area contributed by atoms with Crippen molar-refractivity contribution >= 4 is 28.5 Å². The predicted molar refractivity (Wildman–Crippen MR) is 132 cm³/mol. The molecule has 1 aromatic heterocycles. The van der Waals surface area contributed by atoms with E-state index in [1.807, 2.05) is 18.4 Å². The summed E-state index contributed by atoms with van der Waals surface area (Å²) in [5, 5.41) is 15.2. The van der Waals surface area contributed by atoms with Crippen molar-refractivity contribution in [2.75, 3.05) is 5.32 Å². The standard InChI is InChI=1S/C26H36FN3O4/c1-4-16(12-24(31)32)29-26(34)20-15-30(18(5-2)6-3)23-14-22(21(27)13-19(23)25(20)33)28-17-10-8-7-9-11-17/h13-18,28H,4-12H2,1-3H3,(H,29,34)(H,31,32). The first-order valence-electron chi connectivity index (χ1n) is 12.5. The fourth-order valence-electron chi connectivity index (χ4n) is 4.86. The number of pyridine rings is 1. The van der Waals surface area contributed by atoms with Crippen molar-refractivity contribution in [2.45, 2.75) is 96.7 Å². The molecule has 8 heteroatoms. The van der Waals surface area contributed by atoms with Crippen LogP contribution in [-0.4, -0.2) is 33.6 Å². The second-order valence-corrected chi connectivity index (χ2v) is 9.25. The number of halogens is 1. The number of benzene rings is 1. The largest absolute Gasteiger partial charge is 0.481 e. The Hall–Kier alpha value is -2.90. The number of carbonyl (C=O) groups is 2. The Balaban J connectivity index is 2.08. The monoisotopic (exact) mass is 473 g/mol. The summed E-state index contributed by atoms with van der Waals surface area (Å²) < 4.78 is 17.0. The highest BCUT2D eigenvalue weighted by molar-refractivity contribution is 5.98. The van der Waals surface area contributed by atoms with Crippen molar-refractivity contribution in [1.29, 1.82) is 0 Å². The van der Waals surface area contributed by atoms with E-state index in [2.05, 4.69) is 10.6 Å². The van der Waals surface area contributed by atoms with E-state index in [1.165, 1.54) is 12.5 Å². The molecular formula is C26H36FN3O4. The Kier molecular flexibility index (Phi) is 8.69. The van der Waals surface area contributed by atoms with E-state index in [1.54, 1.807) is 19.2 Å². The molecule has 0 radical (unpaired) electrons. The second kappa shape index (κ2) is 11.5. The van der Waals surface area contributed by atoms with Gasteiger partial charge < -0.3 is 20.3 Å². The van der Waals surface area contributed by atoms with Crippen molar-refractivity contribution in [3.05, 3.63) is 39.9 Å². The number of aromatic nitrogens is 1. The third-order valence-corrected chi connectivity index (χ3v) is 6.92. The van der Waals surface area contributed by atoms with Crippen molar-refractivity contribution in [3.63, 3.8) is 0 Å². The molecule has 1 unspecified atom stereocenters. The summed E-state index contributed by atoms with van der Waals surface area (Å²) in [5.41, 5.74) is 0.314.